The third-order valence-corrected chi connectivity index (χ3v) is 5.03. The van der Waals surface area contributed by atoms with E-state index in [0.29, 0.717) is 32.6 Å². The van der Waals surface area contributed by atoms with Crippen molar-refractivity contribution in [2.24, 2.45) is 11.8 Å². The van der Waals surface area contributed by atoms with Crippen molar-refractivity contribution in [3.63, 3.8) is 0 Å². The Morgan fingerprint density at radius 1 is 1.21 bits per heavy atom. The number of nitrogens with one attached hydrogen (secondary N) is 2. The second kappa shape index (κ2) is 9.45. The Morgan fingerprint density at radius 3 is 2.64 bits per heavy atom. The Bertz CT molecular complexity index is 731. The normalized spacial score (nSPS) is 21.1. The summed E-state index contributed by atoms with van der Waals surface area (Å²) in [5, 5.41) is 5.14. The Morgan fingerprint density at radius 2 is 1.96 bits per heavy atom. The largest absolute Gasteiger partial charge is 0.445 e. The molecule has 3 rings (SSSR count). The van der Waals surface area contributed by atoms with Crippen LogP contribution in [0.25, 0.3) is 0 Å². The molecule has 2 fully saturated rings. The van der Waals surface area contributed by atoms with Gasteiger partial charge in [0.2, 0.25) is 5.78 Å². The fourth-order valence-corrected chi connectivity index (χ4v) is 3.32. The molecular formula is C20H24N2O6. The molecule has 0 saturated carbocycles. The van der Waals surface area contributed by atoms with Gasteiger partial charge in [0.1, 0.15) is 6.61 Å². The summed E-state index contributed by atoms with van der Waals surface area (Å²) in [6.45, 7) is 1.23. The Balaban J connectivity index is 1.58. The van der Waals surface area contributed by atoms with Gasteiger partial charge < -0.3 is 20.1 Å². The highest BCUT2D eigenvalue weighted by Gasteiger charge is 2.38. The standard InChI is InChI=1S/C20H24N2O6/c23-16(9-14-7-4-8-21-19(25)18(14)24)17(15-11-27-12-15)22-20(26)28-10-13-5-2-1-3-6-13/h1-3,5-6,14-15,17H,4,7-12H2,(H,21,25)(H,22,26). The average molecular weight is 388 g/mol. The molecule has 2 aliphatic rings. The molecule has 0 bridgehead atoms. The zero-order chi connectivity index (χ0) is 19.9. The highest BCUT2D eigenvalue weighted by atomic mass is 16.5. The van der Waals surface area contributed by atoms with Crippen LogP contribution < -0.4 is 10.6 Å². The van der Waals surface area contributed by atoms with Gasteiger partial charge in [-0.05, 0) is 18.4 Å². The minimum atomic E-state index is -0.795. The number of carbonyl (C=O) groups is 4. The molecule has 8 nitrogen and oxygen atoms in total. The summed E-state index contributed by atoms with van der Waals surface area (Å²) in [5.41, 5.74) is 0.836. The van der Waals surface area contributed by atoms with Crippen LogP contribution in [0.5, 0.6) is 0 Å². The summed E-state index contributed by atoms with van der Waals surface area (Å²) in [6.07, 6.45) is 0.334. The topological polar surface area (TPSA) is 111 Å². The predicted molar refractivity (Wildman–Crippen MR) is 98.2 cm³/mol. The van der Waals surface area contributed by atoms with Crippen LogP contribution in [0.1, 0.15) is 24.8 Å². The number of amides is 2. The van der Waals surface area contributed by atoms with Crippen LogP contribution in [0.15, 0.2) is 30.3 Å². The molecule has 0 aromatic heterocycles. The lowest BCUT2D eigenvalue weighted by molar-refractivity contribution is -0.141. The van der Waals surface area contributed by atoms with E-state index in [1.807, 2.05) is 30.3 Å². The van der Waals surface area contributed by atoms with E-state index in [9.17, 15) is 19.2 Å². The Labute approximate surface area is 163 Å². The van der Waals surface area contributed by atoms with Crippen molar-refractivity contribution in [3.05, 3.63) is 35.9 Å². The molecule has 8 heteroatoms. The molecule has 2 unspecified atom stereocenters. The first kappa shape index (κ1) is 20.0. The zero-order valence-corrected chi connectivity index (χ0v) is 15.5. The van der Waals surface area contributed by atoms with Gasteiger partial charge in [-0.15, -0.1) is 0 Å². The van der Waals surface area contributed by atoms with Crippen LogP contribution in [0.4, 0.5) is 4.79 Å². The van der Waals surface area contributed by atoms with E-state index in [-0.39, 0.29) is 24.7 Å². The Kier molecular flexibility index (Phi) is 6.76. The first-order chi connectivity index (χ1) is 13.5. The number of ether oxygens (including phenoxy) is 2. The van der Waals surface area contributed by atoms with Crippen LogP contribution in [0, 0.1) is 11.8 Å². The van der Waals surface area contributed by atoms with Crippen LogP contribution >= 0.6 is 0 Å². The first-order valence-corrected chi connectivity index (χ1v) is 9.44. The van der Waals surface area contributed by atoms with Crippen molar-refractivity contribution in [3.8, 4) is 0 Å². The number of carbonyl (C=O) groups excluding carboxylic acids is 4. The third kappa shape index (κ3) is 5.16. The summed E-state index contributed by atoms with van der Waals surface area (Å²) in [6, 6.07) is 8.42. The fourth-order valence-electron chi connectivity index (χ4n) is 3.32. The van der Waals surface area contributed by atoms with Gasteiger partial charge in [0, 0.05) is 24.8 Å². The lowest BCUT2D eigenvalue weighted by Gasteiger charge is -2.33. The predicted octanol–water partition coefficient (Wildman–Crippen LogP) is 0.982. The number of alkyl carbamates (subject to hydrolysis) is 1. The van der Waals surface area contributed by atoms with E-state index < -0.39 is 29.7 Å². The number of hydrogen-bond donors (Lipinski definition) is 2. The maximum atomic E-state index is 12.8. The SMILES string of the molecule is O=C(NC(C(=O)CC1CCCNC(=O)C1=O)C1COC1)OCc1ccccc1. The molecule has 2 heterocycles. The van der Waals surface area contributed by atoms with Gasteiger partial charge in [-0.1, -0.05) is 30.3 Å². The highest BCUT2D eigenvalue weighted by Crippen LogP contribution is 2.22. The molecule has 28 heavy (non-hydrogen) atoms. The van der Waals surface area contributed by atoms with Gasteiger partial charge in [0.05, 0.1) is 19.3 Å². The van der Waals surface area contributed by atoms with Gasteiger partial charge in [0.15, 0.2) is 5.78 Å². The molecule has 150 valence electrons. The summed E-state index contributed by atoms with van der Waals surface area (Å²) in [4.78, 5) is 48.8. The zero-order valence-electron chi connectivity index (χ0n) is 15.5. The van der Waals surface area contributed by atoms with Crippen molar-refractivity contribution in [1.82, 2.24) is 10.6 Å². The van der Waals surface area contributed by atoms with Gasteiger partial charge in [-0.25, -0.2) is 4.79 Å². The maximum absolute atomic E-state index is 12.8. The van der Waals surface area contributed by atoms with Crippen molar-refractivity contribution >= 4 is 23.6 Å². The lowest BCUT2D eigenvalue weighted by atomic mass is 9.86. The van der Waals surface area contributed by atoms with Crippen molar-refractivity contribution in [2.75, 3.05) is 19.8 Å². The minimum absolute atomic E-state index is 0.0770. The van der Waals surface area contributed by atoms with Gasteiger partial charge in [0.25, 0.3) is 5.91 Å². The van der Waals surface area contributed by atoms with Crippen LogP contribution in [-0.2, 0) is 30.5 Å². The monoisotopic (exact) mass is 388 g/mol. The summed E-state index contributed by atoms with van der Waals surface area (Å²) >= 11 is 0. The summed E-state index contributed by atoms with van der Waals surface area (Å²) in [5.74, 6) is -2.31. The third-order valence-electron chi connectivity index (χ3n) is 5.03. The summed E-state index contributed by atoms with van der Waals surface area (Å²) < 4.78 is 10.4. The van der Waals surface area contributed by atoms with Crippen molar-refractivity contribution in [1.29, 1.82) is 0 Å². The number of ketones is 2. The smallest absolute Gasteiger partial charge is 0.408 e. The second-order valence-corrected chi connectivity index (χ2v) is 7.11. The number of hydrogen-bond acceptors (Lipinski definition) is 6. The molecule has 2 saturated heterocycles. The van der Waals surface area contributed by atoms with Crippen LogP contribution in [0.3, 0.4) is 0 Å². The molecule has 0 aliphatic carbocycles. The lowest BCUT2D eigenvalue weighted by Crippen LogP contribution is -2.53. The Hall–Kier alpha value is -2.74. The quantitative estimate of drug-likeness (QED) is 0.674. The van der Waals surface area contributed by atoms with E-state index in [4.69, 9.17) is 9.47 Å². The van der Waals surface area contributed by atoms with Gasteiger partial charge >= 0.3 is 6.09 Å². The molecule has 0 spiro atoms. The fraction of sp³-hybridized carbons (Fsp3) is 0.500. The number of Topliss-reactive ketones (excluding diaryl/α,β-unsaturated/α-hetero) is 2. The van der Waals surface area contributed by atoms with E-state index in [2.05, 4.69) is 10.6 Å². The first-order valence-electron chi connectivity index (χ1n) is 9.44. The molecular weight excluding hydrogens is 364 g/mol. The number of benzene rings is 1. The van der Waals surface area contributed by atoms with E-state index >= 15 is 0 Å². The highest BCUT2D eigenvalue weighted by molar-refractivity contribution is 6.37. The molecule has 0 radical (unpaired) electrons. The van der Waals surface area contributed by atoms with Crippen LogP contribution in [0.2, 0.25) is 0 Å². The molecule has 1 aromatic rings. The van der Waals surface area contributed by atoms with Crippen LogP contribution in [-0.4, -0.2) is 49.4 Å². The molecule has 2 amide bonds. The van der Waals surface area contributed by atoms with E-state index in [1.165, 1.54) is 0 Å². The summed E-state index contributed by atoms with van der Waals surface area (Å²) in [7, 11) is 0. The van der Waals surface area contributed by atoms with Crippen molar-refractivity contribution < 1.29 is 28.7 Å². The van der Waals surface area contributed by atoms with Gasteiger partial charge in [-0.2, -0.15) is 0 Å². The molecule has 2 aliphatic heterocycles. The van der Waals surface area contributed by atoms with E-state index in [0.717, 1.165) is 5.56 Å². The van der Waals surface area contributed by atoms with Gasteiger partial charge in [-0.3, -0.25) is 14.4 Å². The minimum Gasteiger partial charge on any atom is -0.445 e. The average Bonchev–Trinajstić information content (AvgIpc) is 2.81. The number of rotatable bonds is 7. The molecule has 1 aromatic carbocycles. The second-order valence-electron chi connectivity index (χ2n) is 7.11. The van der Waals surface area contributed by atoms with Crippen molar-refractivity contribution in [2.45, 2.75) is 31.9 Å². The maximum Gasteiger partial charge on any atom is 0.408 e. The molecule has 2 N–H and O–H groups in total. The molecule has 2 atom stereocenters. The van der Waals surface area contributed by atoms with E-state index in [1.54, 1.807) is 0 Å².